The van der Waals surface area contributed by atoms with Crippen LogP contribution >= 0.6 is 0 Å². The predicted molar refractivity (Wildman–Crippen MR) is 70.6 cm³/mol. The van der Waals surface area contributed by atoms with E-state index in [1.807, 2.05) is 0 Å². The van der Waals surface area contributed by atoms with Gasteiger partial charge in [0.25, 0.3) is 0 Å². The summed E-state index contributed by atoms with van der Waals surface area (Å²) in [7, 11) is 0. The molecule has 0 heterocycles. The SMILES string of the molecule is CC(C)CCN(c1cc(F)ccc1N)C1CC1. The number of hydrogen-bond donors (Lipinski definition) is 1. The van der Waals surface area contributed by atoms with Gasteiger partial charge < -0.3 is 10.6 Å². The van der Waals surface area contributed by atoms with Gasteiger partial charge in [-0.25, -0.2) is 4.39 Å². The summed E-state index contributed by atoms with van der Waals surface area (Å²) in [5, 5.41) is 0. The third kappa shape index (κ3) is 3.11. The average Bonchev–Trinajstić information content (AvgIpc) is 3.07. The van der Waals surface area contributed by atoms with E-state index in [1.165, 1.54) is 18.9 Å². The zero-order valence-corrected chi connectivity index (χ0v) is 10.6. The Labute approximate surface area is 103 Å². The Morgan fingerprint density at radius 1 is 1.41 bits per heavy atom. The van der Waals surface area contributed by atoms with Crippen LogP contribution in [0.25, 0.3) is 0 Å². The van der Waals surface area contributed by atoms with Crippen LogP contribution in [-0.4, -0.2) is 12.6 Å². The zero-order chi connectivity index (χ0) is 12.4. The molecule has 1 aromatic rings. The van der Waals surface area contributed by atoms with Crippen LogP contribution in [0.15, 0.2) is 18.2 Å². The van der Waals surface area contributed by atoms with Gasteiger partial charge in [0.2, 0.25) is 0 Å². The van der Waals surface area contributed by atoms with Crippen molar-refractivity contribution < 1.29 is 4.39 Å². The van der Waals surface area contributed by atoms with Crippen LogP contribution < -0.4 is 10.6 Å². The molecule has 0 saturated heterocycles. The fourth-order valence-electron chi connectivity index (χ4n) is 2.05. The first-order valence-electron chi connectivity index (χ1n) is 6.39. The minimum absolute atomic E-state index is 0.204. The molecule has 0 aliphatic heterocycles. The number of anilines is 2. The van der Waals surface area contributed by atoms with E-state index in [0.29, 0.717) is 17.6 Å². The largest absolute Gasteiger partial charge is 0.397 e. The molecule has 2 nitrogen and oxygen atoms in total. The van der Waals surface area contributed by atoms with Crippen LogP contribution in [0.5, 0.6) is 0 Å². The maximum absolute atomic E-state index is 13.3. The topological polar surface area (TPSA) is 29.3 Å². The molecule has 0 amide bonds. The average molecular weight is 236 g/mol. The maximum atomic E-state index is 13.3. The second kappa shape index (κ2) is 4.94. The molecule has 94 valence electrons. The summed E-state index contributed by atoms with van der Waals surface area (Å²) in [5.74, 6) is 0.454. The normalized spacial score (nSPS) is 15.3. The molecule has 0 aromatic heterocycles. The molecule has 17 heavy (non-hydrogen) atoms. The Kier molecular flexibility index (Phi) is 3.55. The van der Waals surface area contributed by atoms with Crippen LogP contribution in [0.4, 0.5) is 15.8 Å². The lowest BCUT2D eigenvalue weighted by Gasteiger charge is -2.27. The Morgan fingerprint density at radius 3 is 2.71 bits per heavy atom. The second-order valence-corrected chi connectivity index (χ2v) is 5.31. The quantitative estimate of drug-likeness (QED) is 0.794. The minimum Gasteiger partial charge on any atom is -0.397 e. The minimum atomic E-state index is -0.204. The van der Waals surface area contributed by atoms with E-state index in [9.17, 15) is 4.39 Å². The standard InChI is InChI=1S/C14H21FN2/c1-10(2)7-8-17(12-4-5-12)14-9-11(15)3-6-13(14)16/h3,6,9-10,12H,4-5,7-8,16H2,1-2H3. The fraction of sp³-hybridized carbons (Fsp3) is 0.571. The van der Waals surface area contributed by atoms with Crippen molar-refractivity contribution in [3.8, 4) is 0 Å². The zero-order valence-electron chi connectivity index (χ0n) is 10.6. The van der Waals surface area contributed by atoms with Crippen molar-refractivity contribution in [2.75, 3.05) is 17.2 Å². The highest BCUT2D eigenvalue weighted by Crippen LogP contribution is 2.35. The number of nitrogens with two attached hydrogens (primary N) is 1. The molecule has 2 rings (SSSR count). The van der Waals surface area contributed by atoms with Gasteiger partial charge >= 0.3 is 0 Å². The Balaban J connectivity index is 2.16. The molecule has 0 spiro atoms. The lowest BCUT2D eigenvalue weighted by molar-refractivity contribution is 0.569. The molecule has 2 N–H and O–H groups in total. The molecule has 0 bridgehead atoms. The molecule has 1 aliphatic rings. The van der Waals surface area contributed by atoms with Gasteiger partial charge in [0.1, 0.15) is 5.82 Å². The lowest BCUT2D eigenvalue weighted by atomic mass is 10.1. The fourth-order valence-corrected chi connectivity index (χ4v) is 2.05. The predicted octanol–water partition coefficient (Wildman–Crippen LogP) is 3.42. The van der Waals surface area contributed by atoms with Crippen LogP contribution in [0.2, 0.25) is 0 Å². The molecule has 1 fully saturated rings. The third-order valence-electron chi connectivity index (χ3n) is 3.24. The van der Waals surface area contributed by atoms with E-state index in [2.05, 4.69) is 18.7 Å². The summed E-state index contributed by atoms with van der Waals surface area (Å²) < 4.78 is 13.3. The highest BCUT2D eigenvalue weighted by Gasteiger charge is 2.30. The third-order valence-corrected chi connectivity index (χ3v) is 3.24. The highest BCUT2D eigenvalue weighted by atomic mass is 19.1. The van der Waals surface area contributed by atoms with Gasteiger partial charge in [0.05, 0.1) is 11.4 Å². The summed E-state index contributed by atoms with van der Waals surface area (Å²) in [6.07, 6.45) is 3.52. The van der Waals surface area contributed by atoms with Crippen molar-refractivity contribution in [2.45, 2.75) is 39.2 Å². The summed E-state index contributed by atoms with van der Waals surface area (Å²) in [5.41, 5.74) is 7.51. The molecule has 3 heteroatoms. The Hall–Kier alpha value is -1.25. The maximum Gasteiger partial charge on any atom is 0.125 e. The van der Waals surface area contributed by atoms with E-state index in [0.717, 1.165) is 18.7 Å². The van der Waals surface area contributed by atoms with E-state index >= 15 is 0 Å². The number of rotatable bonds is 5. The lowest BCUT2D eigenvalue weighted by Crippen LogP contribution is -2.28. The number of hydrogen-bond acceptors (Lipinski definition) is 2. The number of nitrogens with zero attached hydrogens (tertiary/aromatic N) is 1. The number of halogens is 1. The van der Waals surface area contributed by atoms with Crippen molar-refractivity contribution in [1.29, 1.82) is 0 Å². The Bertz CT molecular complexity index is 386. The van der Waals surface area contributed by atoms with Gasteiger partial charge in [-0.05, 0) is 43.4 Å². The van der Waals surface area contributed by atoms with Gasteiger partial charge in [0, 0.05) is 12.6 Å². The summed E-state index contributed by atoms with van der Waals surface area (Å²) >= 11 is 0. The van der Waals surface area contributed by atoms with Gasteiger partial charge in [-0.1, -0.05) is 13.8 Å². The van der Waals surface area contributed by atoms with Crippen LogP contribution in [0.1, 0.15) is 33.1 Å². The van der Waals surface area contributed by atoms with Crippen molar-refractivity contribution in [3.05, 3.63) is 24.0 Å². The van der Waals surface area contributed by atoms with E-state index in [1.54, 1.807) is 12.1 Å². The van der Waals surface area contributed by atoms with Gasteiger partial charge in [-0.2, -0.15) is 0 Å². The number of nitrogen functional groups attached to an aromatic ring is 1. The summed E-state index contributed by atoms with van der Waals surface area (Å²) in [4.78, 5) is 2.28. The van der Waals surface area contributed by atoms with Crippen LogP contribution in [-0.2, 0) is 0 Å². The molecule has 1 aliphatic carbocycles. The molecule has 0 radical (unpaired) electrons. The van der Waals surface area contributed by atoms with E-state index in [-0.39, 0.29) is 5.82 Å². The van der Waals surface area contributed by atoms with Crippen molar-refractivity contribution >= 4 is 11.4 Å². The first kappa shape index (κ1) is 12.2. The molecule has 1 saturated carbocycles. The van der Waals surface area contributed by atoms with Gasteiger partial charge in [-0.15, -0.1) is 0 Å². The van der Waals surface area contributed by atoms with Crippen molar-refractivity contribution in [1.82, 2.24) is 0 Å². The molecule has 0 atom stereocenters. The van der Waals surface area contributed by atoms with Gasteiger partial charge in [-0.3, -0.25) is 0 Å². The molecule has 0 unspecified atom stereocenters. The first-order valence-corrected chi connectivity index (χ1v) is 6.39. The van der Waals surface area contributed by atoms with E-state index < -0.39 is 0 Å². The Morgan fingerprint density at radius 2 is 2.12 bits per heavy atom. The van der Waals surface area contributed by atoms with Crippen molar-refractivity contribution in [3.63, 3.8) is 0 Å². The smallest absolute Gasteiger partial charge is 0.125 e. The van der Waals surface area contributed by atoms with Crippen molar-refractivity contribution in [2.24, 2.45) is 5.92 Å². The van der Waals surface area contributed by atoms with Crippen LogP contribution in [0, 0.1) is 11.7 Å². The molecule has 1 aromatic carbocycles. The highest BCUT2D eigenvalue weighted by molar-refractivity contribution is 5.68. The summed E-state index contributed by atoms with van der Waals surface area (Å²) in [6, 6.07) is 5.22. The van der Waals surface area contributed by atoms with Gasteiger partial charge in [0.15, 0.2) is 0 Å². The van der Waals surface area contributed by atoms with Crippen LogP contribution in [0.3, 0.4) is 0 Å². The van der Waals surface area contributed by atoms with E-state index in [4.69, 9.17) is 5.73 Å². The second-order valence-electron chi connectivity index (χ2n) is 5.31. The molecular formula is C14H21FN2. The monoisotopic (exact) mass is 236 g/mol. The first-order chi connectivity index (χ1) is 8.08. The molecular weight excluding hydrogens is 215 g/mol. The number of benzene rings is 1. The summed E-state index contributed by atoms with van der Waals surface area (Å²) in [6.45, 7) is 5.38.